The lowest BCUT2D eigenvalue weighted by Gasteiger charge is -2.19. The maximum Gasteiger partial charge on any atom is 0.411 e. The molecular weight excluding hydrogens is 645 g/mol. The minimum atomic E-state index is -0.638. The van der Waals surface area contributed by atoms with E-state index in [0.29, 0.717) is 50.9 Å². The Balaban J connectivity index is 1.44. The third-order valence-corrected chi connectivity index (χ3v) is 7.30. The molecule has 0 unspecified atom stereocenters. The Morgan fingerprint density at radius 3 is 2.34 bits per heavy atom. The molecule has 0 aliphatic rings. The smallest absolute Gasteiger partial charge is 0.411 e. The topological polar surface area (TPSA) is 166 Å². The van der Waals surface area contributed by atoms with Gasteiger partial charge in [-0.25, -0.2) is 4.79 Å². The number of carbonyl (C=O) groups is 3. The molecule has 13 nitrogen and oxygen atoms in total. The van der Waals surface area contributed by atoms with E-state index in [1.165, 1.54) is 31.1 Å². The van der Waals surface area contributed by atoms with E-state index in [1.807, 2.05) is 12.1 Å². The van der Waals surface area contributed by atoms with Crippen molar-refractivity contribution in [2.45, 2.75) is 19.4 Å². The average molecular weight is 673 g/mol. The Kier molecular flexibility index (Phi) is 10.5. The van der Waals surface area contributed by atoms with Gasteiger partial charge >= 0.3 is 6.09 Å². The highest BCUT2D eigenvalue weighted by Gasteiger charge is 2.20. The zero-order valence-electron chi connectivity index (χ0n) is 25.0. The van der Waals surface area contributed by atoms with Crippen molar-refractivity contribution in [3.05, 3.63) is 112 Å². The summed E-state index contributed by atoms with van der Waals surface area (Å²) < 4.78 is 6.10. The van der Waals surface area contributed by atoms with E-state index >= 15 is 0 Å². The summed E-state index contributed by atoms with van der Waals surface area (Å²) in [5.41, 5.74) is 5.00. The largest absolute Gasteiger partial charge is 0.453 e. The summed E-state index contributed by atoms with van der Waals surface area (Å²) >= 11 is 12.7. The predicted molar refractivity (Wildman–Crippen MR) is 177 cm³/mol. The van der Waals surface area contributed by atoms with Crippen LogP contribution in [-0.4, -0.2) is 55.4 Å². The first-order valence-electron chi connectivity index (χ1n) is 14.0. The van der Waals surface area contributed by atoms with E-state index in [2.05, 4.69) is 46.4 Å². The van der Waals surface area contributed by atoms with Crippen molar-refractivity contribution in [1.29, 1.82) is 0 Å². The van der Waals surface area contributed by atoms with Gasteiger partial charge in [-0.2, -0.15) is 9.78 Å². The van der Waals surface area contributed by atoms with Crippen molar-refractivity contribution >= 4 is 58.6 Å². The van der Waals surface area contributed by atoms with E-state index in [9.17, 15) is 14.4 Å². The third-order valence-electron chi connectivity index (χ3n) is 6.78. The van der Waals surface area contributed by atoms with Gasteiger partial charge < -0.3 is 15.4 Å². The second-order valence-corrected chi connectivity index (χ2v) is 10.9. The molecule has 2 aromatic heterocycles. The van der Waals surface area contributed by atoms with Crippen molar-refractivity contribution in [2.75, 3.05) is 17.7 Å². The summed E-state index contributed by atoms with van der Waals surface area (Å²) in [5.74, 6) is -0.597. The molecule has 0 spiro atoms. The third kappa shape index (κ3) is 8.75. The van der Waals surface area contributed by atoms with Gasteiger partial charge in [-0.1, -0.05) is 47.5 Å². The Morgan fingerprint density at radius 1 is 0.936 bits per heavy atom. The van der Waals surface area contributed by atoms with E-state index < -0.39 is 18.0 Å². The van der Waals surface area contributed by atoms with Gasteiger partial charge in [0, 0.05) is 40.5 Å². The molecule has 15 heteroatoms. The molecule has 3 amide bonds. The second kappa shape index (κ2) is 15.1. The minimum absolute atomic E-state index is 0.156. The van der Waals surface area contributed by atoms with Crippen molar-refractivity contribution in [3.8, 4) is 16.8 Å². The maximum atomic E-state index is 13.4. The van der Waals surface area contributed by atoms with Crippen molar-refractivity contribution in [1.82, 2.24) is 35.7 Å². The molecule has 47 heavy (non-hydrogen) atoms. The molecule has 0 bridgehead atoms. The SMILES string of the molecule is COC(=O)Nc1ccc(-c2cc([C@H](Cc3ccc(NC(C)=O)cc3)NC(=O)C=Cc3cc(Cl)ccc3-n3cnnn3)nnc2Cl)cc1. The van der Waals surface area contributed by atoms with E-state index in [1.54, 1.807) is 66.7 Å². The molecule has 3 aromatic carbocycles. The number of amides is 3. The number of ether oxygens (including phenoxy) is 1. The summed E-state index contributed by atoms with van der Waals surface area (Å²) in [6, 6.07) is 20.4. The quantitative estimate of drug-likeness (QED) is 0.158. The highest BCUT2D eigenvalue weighted by atomic mass is 35.5. The zero-order valence-corrected chi connectivity index (χ0v) is 26.5. The molecular formula is C32H27Cl2N9O4. The number of rotatable bonds is 10. The van der Waals surface area contributed by atoms with E-state index in [0.717, 1.165) is 5.56 Å². The first-order valence-corrected chi connectivity index (χ1v) is 14.8. The highest BCUT2D eigenvalue weighted by Crippen LogP contribution is 2.30. The summed E-state index contributed by atoms with van der Waals surface area (Å²) in [6.07, 6.45) is 4.17. The summed E-state index contributed by atoms with van der Waals surface area (Å²) in [4.78, 5) is 36.4. The fourth-order valence-electron chi connectivity index (χ4n) is 4.58. The fraction of sp³-hybridized carbons (Fsp3) is 0.125. The molecule has 0 fully saturated rings. The fourth-order valence-corrected chi connectivity index (χ4v) is 4.97. The number of benzene rings is 3. The van der Waals surface area contributed by atoms with Gasteiger partial charge in [0.1, 0.15) is 6.33 Å². The van der Waals surface area contributed by atoms with Gasteiger partial charge in [-0.3, -0.25) is 14.9 Å². The van der Waals surface area contributed by atoms with Gasteiger partial charge in [0.15, 0.2) is 5.15 Å². The summed E-state index contributed by atoms with van der Waals surface area (Å²) in [5, 5.41) is 28.8. The van der Waals surface area contributed by atoms with Crippen LogP contribution in [0.1, 0.15) is 29.8 Å². The lowest BCUT2D eigenvalue weighted by molar-refractivity contribution is -0.117. The lowest BCUT2D eigenvalue weighted by Crippen LogP contribution is -2.29. The number of aromatic nitrogens is 6. The number of carbonyl (C=O) groups excluding carboxylic acids is 3. The molecule has 5 aromatic rings. The summed E-state index contributed by atoms with van der Waals surface area (Å²) in [7, 11) is 1.28. The number of nitrogens with one attached hydrogen (secondary N) is 3. The van der Waals surface area contributed by atoms with Gasteiger partial charge in [0.2, 0.25) is 11.8 Å². The normalized spacial score (nSPS) is 11.6. The van der Waals surface area contributed by atoms with Crippen LogP contribution < -0.4 is 16.0 Å². The van der Waals surface area contributed by atoms with Gasteiger partial charge in [0.05, 0.1) is 24.5 Å². The number of anilines is 2. The molecule has 0 aliphatic carbocycles. The predicted octanol–water partition coefficient (Wildman–Crippen LogP) is 5.68. The van der Waals surface area contributed by atoms with Crippen LogP contribution in [-0.2, 0) is 20.7 Å². The average Bonchev–Trinajstić information content (AvgIpc) is 3.60. The van der Waals surface area contributed by atoms with Crippen LogP contribution >= 0.6 is 23.2 Å². The molecule has 0 saturated carbocycles. The number of halogens is 2. The van der Waals surface area contributed by atoms with Crippen LogP contribution in [0, 0.1) is 0 Å². The van der Waals surface area contributed by atoms with Crippen molar-refractivity contribution in [2.24, 2.45) is 0 Å². The number of hydrogen-bond donors (Lipinski definition) is 3. The van der Waals surface area contributed by atoms with Crippen molar-refractivity contribution < 1.29 is 19.1 Å². The number of tetrazole rings is 1. The maximum absolute atomic E-state index is 13.4. The van der Waals surface area contributed by atoms with Crippen LogP contribution in [0.15, 0.2) is 85.2 Å². The Morgan fingerprint density at radius 2 is 1.66 bits per heavy atom. The van der Waals surface area contributed by atoms with Crippen LogP contribution in [0.4, 0.5) is 16.2 Å². The van der Waals surface area contributed by atoms with E-state index in [4.69, 9.17) is 23.2 Å². The molecule has 0 aliphatic heterocycles. The standard InChI is InChI=1S/C32H27Cl2N9O4/c1-19(44)36-24-9-3-20(4-10-24)15-27(38-30(45)14-7-22-16-23(33)8-13-29(22)43-18-35-41-42-43)28-17-26(31(34)40-39-28)21-5-11-25(12-6-21)37-32(46)47-2/h3-14,16-18,27H,15H2,1-2H3,(H,36,44)(H,37,46)(H,38,45)/t27-/m0/s1. The Bertz CT molecular complexity index is 1920. The van der Waals surface area contributed by atoms with Crippen LogP contribution in [0.3, 0.4) is 0 Å². The van der Waals surface area contributed by atoms with Crippen LogP contribution in [0.25, 0.3) is 22.9 Å². The molecule has 238 valence electrons. The molecule has 5 rings (SSSR count). The highest BCUT2D eigenvalue weighted by molar-refractivity contribution is 6.32. The zero-order chi connectivity index (χ0) is 33.3. The van der Waals surface area contributed by atoms with Crippen molar-refractivity contribution in [3.63, 3.8) is 0 Å². The van der Waals surface area contributed by atoms with Gasteiger partial charge in [-0.05, 0) is 82.6 Å². The second-order valence-electron chi connectivity index (χ2n) is 10.1. The molecule has 0 radical (unpaired) electrons. The minimum Gasteiger partial charge on any atom is -0.453 e. The number of methoxy groups -OCH3 is 1. The molecule has 0 saturated heterocycles. The first kappa shape index (κ1) is 32.7. The molecule has 1 atom stereocenters. The van der Waals surface area contributed by atoms with Gasteiger partial charge in [-0.15, -0.1) is 10.2 Å². The lowest BCUT2D eigenvalue weighted by atomic mass is 10.00. The first-order chi connectivity index (χ1) is 22.7. The number of nitrogens with zero attached hydrogens (tertiary/aromatic N) is 6. The van der Waals surface area contributed by atoms with E-state index in [-0.39, 0.29) is 11.1 Å². The monoisotopic (exact) mass is 671 g/mol. The molecule has 2 heterocycles. The summed E-state index contributed by atoms with van der Waals surface area (Å²) in [6.45, 7) is 1.43. The Hall–Kier alpha value is -5.66. The van der Waals surface area contributed by atoms with Gasteiger partial charge in [0.25, 0.3) is 0 Å². The Labute approximate surface area is 279 Å². The van der Waals surface area contributed by atoms with Crippen LogP contribution in [0.2, 0.25) is 10.2 Å². The van der Waals surface area contributed by atoms with Crippen LogP contribution in [0.5, 0.6) is 0 Å². The number of hydrogen-bond acceptors (Lipinski definition) is 9. The molecule has 3 N–H and O–H groups in total.